The fraction of sp³-hybridized carbons (Fsp3) is 0.565. The Bertz CT molecular complexity index is 792. The lowest BCUT2D eigenvalue weighted by atomic mass is 9.68. The summed E-state index contributed by atoms with van der Waals surface area (Å²) in [6, 6.07) is 8.60. The number of nitrogens with zero attached hydrogens (tertiary/aromatic N) is 2. The van der Waals surface area contributed by atoms with Crippen molar-refractivity contribution < 1.29 is 4.74 Å². The Labute approximate surface area is 182 Å². The second-order valence-electron chi connectivity index (χ2n) is 8.50. The zero-order chi connectivity index (χ0) is 19.5. The molecule has 2 aromatic rings. The van der Waals surface area contributed by atoms with E-state index in [1.807, 2.05) is 18.5 Å². The van der Waals surface area contributed by atoms with Gasteiger partial charge in [0, 0.05) is 40.2 Å². The molecule has 1 N–H and O–H groups in total. The summed E-state index contributed by atoms with van der Waals surface area (Å²) >= 11 is 2.36. The van der Waals surface area contributed by atoms with E-state index in [1.165, 1.54) is 40.5 Å². The molecule has 0 bridgehead atoms. The number of aryl methyl sites for hydroxylation is 1. The molecule has 4 nitrogen and oxygen atoms in total. The summed E-state index contributed by atoms with van der Waals surface area (Å²) in [6.07, 6.45) is 12.2. The third kappa shape index (κ3) is 4.41. The summed E-state index contributed by atoms with van der Waals surface area (Å²) < 4.78 is 7.58. The van der Waals surface area contributed by atoms with Crippen molar-refractivity contribution in [2.75, 3.05) is 13.2 Å². The molecule has 2 fully saturated rings. The maximum absolute atomic E-state index is 6.35. The lowest BCUT2D eigenvalue weighted by Gasteiger charge is -2.46. The Morgan fingerprint density at radius 1 is 1.18 bits per heavy atom. The molecule has 28 heavy (non-hydrogen) atoms. The highest BCUT2D eigenvalue weighted by molar-refractivity contribution is 14.1. The molecule has 0 radical (unpaired) electrons. The monoisotopic (exact) mass is 491 g/mol. The van der Waals surface area contributed by atoms with E-state index in [0.29, 0.717) is 0 Å². The van der Waals surface area contributed by atoms with Crippen LogP contribution in [0.2, 0.25) is 0 Å². The van der Waals surface area contributed by atoms with Crippen LogP contribution in [0.15, 0.2) is 36.7 Å². The van der Waals surface area contributed by atoms with E-state index in [4.69, 9.17) is 9.72 Å². The number of nitrogens with one attached hydrogen (secondary N) is 1. The first kappa shape index (κ1) is 20.2. The van der Waals surface area contributed by atoms with E-state index >= 15 is 0 Å². The molecule has 4 rings (SSSR count). The average Bonchev–Trinajstić information content (AvgIpc) is 3.16. The maximum atomic E-state index is 6.35. The van der Waals surface area contributed by atoms with Gasteiger partial charge in [0.25, 0.3) is 0 Å². The SMILES string of the molecule is Cc1ncc(CNCCC2(c3ccccn3)CCOC3(CCCC3)C2)cc1I. The fourth-order valence-electron chi connectivity index (χ4n) is 5.00. The van der Waals surface area contributed by atoms with Crippen LogP contribution in [0.4, 0.5) is 0 Å². The molecule has 0 aromatic carbocycles. The minimum absolute atomic E-state index is 0.0900. The number of pyridine rings is 2. The van der Waals surface area contributed by atoms with Crippen molar-refractivity contribution >= 4 is 22.6 Å². The Balaban J connectivity index is 1.45. The van der Waals surface area contributed by atoms with Gasteiger partial charge in [0.1, 0.15) is 0 Å². The van der Waals surface area contributed by atoms with Crippen LogP contribution in [0.5, 0.6) is 0 Å². The summed E-state index contributed by atoms with van der Waals surface area (Å²) in [7, 11) is 0. The lowest BCUT2D eigenvalue weighted by molar-refractivity contribution is -0.104. The highest BCUT2D eigenvalue weighted by Crippen LogP contribution is 2.49. The number of ether oxygens (including phenoxy) is 1. The standard InChI is InChI=1S/C23H30IN3O/c1-18-20(24)14-19(16-27-18)15-25-12-9-22(21-6-2-5-11-26-21)10-13-28-23(17-22)7-3-4-8-23/h2,5-6,11,14,16,25H,3-4,7-10,12-13,15,17H2,1H3. The molecular formula is C23H30IN3O. The maximum Gasteiger partial charge on any atom is 0.0691 e. The van der Waals surface area contributed by atoms with Crippen LogP contribution in [0.1, 0.15) is 61.9 Å². The third-order valence-corrected chi connectivity index (χ3v) is 7.66. The van der Waals surface area contributed by atoms with E-state index in [-0.39, 0.29) is 11.0 Å². The van der Waals surface area contributed by atoms with Crippen molar-refractivity contribution in [1.82, 2.24) is 15.3 Å². The highest BCUT2D eigenvalue weighted by atomic mass is 127. The van der Waals surface area contributed by atoms with Crippen molar-refractivity contribution in [3.63, 3.8) is 0 Å². The van der Waals surface area contributed by atoms with Gasteiger partial charge in [-0.05, 0) is 91.9 Å². The van der Waals surface area contributed by atoms with Gasteiger partial charge in [-0.1, -0.05) is 18.9 Å². The predicted molar refractivity (Wildman–Crippen MR) is 120 cm³/mol. The van der Waals surface area contributed by atoms with Gasteiger partial charge >= 0.3 is 0 Å². The normalized spacial score (nSPS) is 23.9. The van der Waals surface area contributed by atoms with E-state index < -0.39 is 0 Å². The summed E-state index contributed by atoms with van der Waals surface area (Å²) in [5.41, 5.74) is 3.81. The predicted octanol–water partition coefficient (Wildman–Crippen LogP) is 4.93. The number of hydrogen-bond acceptors (Lipinski definition) is 4. The molecule has 1 spiro atoms. The molecule has 5 heteroatoms. The molecule has 1 atom stereocenters. The molecule has 2 aliphatic rings. The lowest BCUT2D eigenvalue weighted by Crippen LogP contribution is -2.47. The second-order valence-corrected chi connectivity index (χ2v) is 9.66. The Morgan fingerprint density at radius 3 is 2.79 bits per heavy atom. The van der Waals surface area contributed by atoms with Crippen LogP contribution in [0.3, 0.4) is 0 Å². The first-order valence-electron chi connectivity index (χ1n) is 10.5. The summed E-state index contributed by atoms with van der Waals surface area (Å²) in [4.78, 5) is 9.28. The summed E-state index contributed by atoms with van der Waals surface area (Å²) in [6.45, 7) is 4.76. The zero-order valence-electron chi connectivity index (χ0n) is 16.7. The summed E-state index contributed by atoms with van der Waals surface area (Å²) in [5, 5.41) is 3.66. The van der Waals surface area contributed by atoms with Gasteiger partial charge in [-0.15, -0.1) is 0 Å². The second kappa shape index (κ2) is 8.76. The number of halogens is 1. The van der Waals surface area contributed by atoms with Crippen LogP contribution < -0.4 is 5.32 Å². The van der Waals surface area contributed by atoms with Gasteiger partial charge in [0.15, 0.2) is 0 Å². The first-order valence-corrected chi connectivity index (χ1v) is 11.6. The Kier molecular flexibility index (Phi) is 6.33. The molecule has 0 amide bonds. The Hall–Kier alpha value is -1.05. The van der Waals surface area contributed by atoms with Gasteiger partial charge in [-0.25, -0.2) is 0 Å². The molecular weight excluding hydrogens is 461 g/mol. The quantitative estimate of drug-likeness (QED) is 0.460. The molecule has 1 aliphatic heterocycles. The van der Waals surface area contributed by atoms with E-state index in [1.54, 1.807) is 0 Å². The molecule has 1 saturated carbocycles. The minimum Gasteiger partial charge on any atom is -0.375 e. The minimum atomic E-state index is 0.0900. The van der Waals surface area contributed by atoms with Gasteiger partial charge in [-0.2, -0.15) is 0 Å². The molecule has 2 aromatic heterocycles. The average molecular weight is 491 g/mol. The van der Waals surface area contributed by atoms with Crippen molar-refractivity contribution in [1.29, 1.82) is 0 Å². The van der Waals surface area contributed by atoms with E-state index in [0.717, 1.165) is 44.7 Å². The summed E-state index contributed by atoms with van der Waals surface area (Å²) in [5.74, 6) is 0. The van der Waals surface area contributed by atoms with Crippen molar-refractivity contribution in [2.24, 2.45) is 0 Å². The van der Waals surface area contributed by atoms with Gasteiger partial charge in [0.2, 0.25) is 0 Å². The van der Waals surface area contributed by atoms with Crippen LogP contribution >= 0.6 is 22.6 Å². The largest absolute Gasteiger partial charge is 0.375 e. The van der Waals surface area contributed by atoms with Crippen LogP contribution in [0.25, 0.3) is 0 Å². The van der Waals surface area contributed by atoms with E-state index in [9.17, 15) is 0 Å². The van der Waals surface area contributed by atoms with Crippen LogP contribution in [-0.4, -0.2) is 28.7 Å². The highest BCUT2D eigenvalue weighted by Gasteiger charge is 2.48. The molecule has 3 heterocycles. The zero-order valence-corrected chi connectivity index (χ0v) is 18.9. The fourth-order valence-corrected chi connectivity index (χ4v) is 5.54. The Morgan fingerprint density at radius 2 is 2.04 bits per heavy atom. The first-order chi connectivity index (χ1) is 13.6. The molecule has 150 valence electrons. The molecule has 1 unspecified atom stereocenters. The van der Waals surface area contributed by atoms with Gasteiger partial charge in [-0.3, -0.25) is 9.97 Å². The van der Waals surface area contributed by atoms with Crippen LogP contribution in [0, 0.1) is 10.5 Å². The van der Waals surface area contributed by atoms with Gasteiger partial charge in [0.05, 0.1) is 11.3 Å². The smallest absolute Gasteiger partial charge is 0.0691 e. The van der Waals surface area contributed by atoms with Crippen molar-refractivity contribution in [2.45, 2.75) is 69.4 Å². The van der Waals surface area contributed by atoms with Gasteiger partial charge < -0.3 is 10.1 Å². The number of rotatable bonds is 6. The van der Waals surface area contributed by atoms with Crippen molar-refractivity contribution in [3.05, 3.63) is 57.2 Å². The van der Waals surface area contributed by atoms with Crippen molar-refractivity contribution in [3.8, 4) is 0 Å². The molecule has 1 saturated heterocycles. The third-order valence-electron chi connectivity index (χ3n) is 6.56. The van der Waals surface area contributed by atoms with Crippen LogP contribution in [-0.2, 0) is 16.7 Å². The number of aromatic nitrogens is 2. The molecule has 1 aliphatic carbocycles. The number of hydrogen-bond donors (Lipinski definition) is 1. The van der Waals surface area contributed by atoms with E-state index in [2.05, 4.69) is 58.0 Å². The topological polar surface area (TPSA) is 47.0 Å².